The fourth-order valence-electron chi connectivity index (χ4n) is 2.37. The molecule has 0 radical (unpaired) electrons. The molecule has 0 aliphatic carbocycles. The molecular formula is C21H16FNO2S. The molecule has 0 bridgehead atoms. The van der Waals surface area contributed by atoms with Crippen molar-refractivity contribution in [3.8, 4) is 0 Å². The lowest BCUT2D eigenvalue weighted by molar-refractivity contribution is 0.0950. The summed E-state index contributed by atoms with van der Waals surface area (Å²) in [5, 5.41) is 2.63. The summed E-state index contributed by atoms with van der Waals surface area (Å²) in [6, 6.07) is 21.9. The van der Waals surface area contributed by atoms with E-state index in [2.05, 4.69) is 5.32 Å². The Labute approximate surface area is 155 Å². The molecular weight excluding hydrogens is 349 g/mol. The van der Waals surface area contributed by atoms with Crippen molar-refractivity contribution in [3.05, 3.63) is 101 Å². The summed E-state index contributed by atoms with van der Waals surface area (Å²) >= 11 is 0.955. The fourth-order valence-corrected chi connectivity index (χ4v) is 3.27. The van der Waals surface area contributed by atoms with E-state index < -0.39 is 5.82 Å². The smallest absolute Gasteiger partial charge is 0.251 e. The molecule has 0 aliphatic rings. The van der Waals surface area contributed by atoms with E-state index in [4.69, 9.17) is 0 Å². The summed E-state index contributed by atoms with van der Waals surface area (Å²) in [5.74, 6) is -0.647. The highest BCUT2D eigenvalue weighted by atomic mass is 32.2. The van der Waals surface area contributed by atoms with Crippen LogP contribution in [0.15, 0.2) is 83.8 Å². The number of amides is 1. The number of nitrogens with one attached hydrogen (secondary N) is 1. The van der Waals surface area contributed by atoms with Crippen molar-refractivity contribution in [2.24, 2.45) is 0 Å². The van der Waals surface area contributed by atoms with Crippen molar-refractivity contribution in [2.45, 2.75) is 11.4 Å². The largest absolute Gasteiger partial charge is 0.348 e. The second-order valence-electron chi connectivity index (χ2n) is 5.56. The number of halogens is 1. The summed E-state index contributed by atoms with van der Waals surface area (Å²) in [5.41, 5.74) is 1.77. The summed E-state index contributed by atoms with van der Waals surface area (Å²) in [7, 11) is 0. The third kappa shape index (κ3) is 4.58. The second-order valence-corrected chi connectivity index (χ2v) is 6.57. The van der Waals surface area contributed by atoms with Crippen LogP contribution in [-0.2, 0) is 6.54 Å². The first-order valence-corrected chi connectivity index (χ1v) is 8.84. The molecule has 1 N–H and O–H groups in total. The molecule has 0 saturated heterocycles. The van der Waals surface area contributed by atoms with Crippen LogP contribution in [0, 0.1) is 5.82 Å². The maximum Gasteiger partial charge on any atom is 0.251 e. The van der Waals surface area contributed by atoms with Gasteiger partial charge >= 0.3 is 0 Å². The average molecular weight is 365 g/mol. The molecule has 3 rings (SSSR count). The molecule has 26 heavy (non-hydrogen) atoms. The minimum Gasteiger partial charge on any atom is -0.348 e. The van der Waals surface area contributed by atoms with Crippen LogP contribution in [0.25, 0.3) is 0 Å². The number of thioether (sulfide) groups is 1. The van der Waals surface area contributed by atoms with Crippen LogP contribution in [0.3, 0.4) is 0 Å². The van der Waals surface area contributed by atoms with E-state index >= 15 is 0 Å². The topological polar surface area (TPSA) is 46.2 Å². The van der Waals surface area contributed by atoms with Gasteiger partial charge in [-0.3, -0.25) is 9.59 Å². The molecule has 0 aromatic heterocycles. The maximum atomic E-state index is 13.7. The number of benzene rings is 3. The van der Waals surface area contributed by atoms with Gasteiger partial charge in [0, 0.05) is 22.6 Å². The molecule has 0 spiro atoms. The minimum absolute atomic E-state index is 0.174. The van der Waals surface area contributed by atoms with Gasteiger partial charge in [0.05, 0.1) is 0 Å². The Balaban J connectivity index is 1.74. The van der Waals surface area contributed by atoms with Crippen LogP contribution in [0.4, 0.5) is 4.39 Å². The van der Waals surface area contributed by atoms with Gasteiger partial charge in [0.25, 0.3) is 5.91 Å². The van der Waals surface area contributed by atoms with Crippen molar-refractivity contribution < 1.29 is 14.0 Å². The molecule has 5 heteroatoms. The molecule has 1 amide bonds. The lowest BCUT2D eigenvalue weighted by atomic mass is 10.2. The van der Waals surface area contributed by atoms with Gasteiger partial charge in [-0.2, -0.15) is 0 Å². The van der Waals surface area contributed by atoms with Crippen LogP contribution in [0.2, 0.25) is 0 Å². The van der Waals surface area contributed by atoms with Gasteiger partial charge in [-0.25, -0.2) is 4.39 Å². The molecule has 0 fully saturated rings. The zero-order chi connectivity index (χ0) is 18.4. The highest BCUT2D eigenvalue weighted by Gasteiger charge is 2.13. The first kappa shape index (κ1) is 17.9. The second kappa shape index (κ2) is 8.45. The summed E-state index contributed by atoms with van der Waals surface area (Å²) in [6.45, 7) is 0.207. The van der Waals surface area contributed by atoms with Crippen molar-refractivity contribution in [1.29, 1.82) is 0 Å². The quantitative estimate of drug-likeness (QED) is 0.667. The van der Waals surface area contributed by atoms with Crippen LogP contribution < -0.4 is 5.32 Å². The van der Waals surface area contributed by atoms with Gasteiger partial charge < -0.3 is 5.32 Å². The zero-order valence-corrected chi connectivity index (χ0v) is 14.6. The van der Waals surface area contributed by atoms with Crippen LogP contribution in [0.5, 0.6) is 0 Å². The Hall–Kier alpha value is -2.92. The van der Waals surface area contributed by atoms with Crippen molar-refractivity contribution in [1.82, 2.24) is 5.32 Å². The van der Waals surface area contributed by atoms with Crippen molar-refractivity contribution in [3.63, 3.8) is 0 Å². The molecule has 3 nitrogen and oxygen atoms in total. The number of carbonyl (C=O) groups is 2. The Morgan fingerprint density at radius 3 is 2.12 bits per heavy atom. The standard InChI is InChI=1S/C21H16FNO2S/c22-18-12-11-17(14-23-20(24)15-7-3-1-4-8-15)19(13-18)26-21(25)16-9-5-2-6-10-16/h1-13H,14H2,(H,23,24). The van der Waals surface area contributed by atoms with E-state index in [1.54, 1.807) is 54.6 Å². The van der Waals surface area contributed by atoms with Crippen LogP contribution in [-0.4, -0.2) is 11.0 Å². The fraction of sp³-hybridized carbons (Fsp3) is 0.0476. The lowest BCUT2D eigenvalue weighted by Gasteiger charge is -2.10. The first-order chi connectivity index (χ1) is 12.6. The molecule has 3 aromatic carbocycles. The van der Waals surface area contributed by atoms with E-state index in [9.17, 15) is 14.0 Å². The Morgan fingerprint density at radius 2 is 1.46 bits per heavy atom. The Kier molecular flexibility index (Phi) is 5.81. The monoisotopic (exact) mass is 365 g/mol. The molecule has 0 heterocycles. The molecule has 3 aromatic rings. The molecule has 0 saturated carbocycles. The van der Waals surface area contributed by atoms with Gasteiger partial charge in [-0.15, -0.1) is 0 Å². The predicted octanol–water partition coefficient (Wildman–Crippen LogP) is 4.69. The summed E-state index contributed by atoms with van der Waals surface area (Å²) in [6.07, 6.45) is 0. The number of hydrogen-bond acceptors (Lipinski definition) is 3. The van der Waals surface area contributed by atoms with Gasteiger partial charge in [-0.05, 0) is 41.6 Å². The van der Waals surface area contributed by atoms with Crippen molar-refractivity contribution in [2.75, 3.05) is 0 Å². The van der Waals surface area contributed by atoms with Gasteiger partial charge in [-0.1, -0.05) is 54.6 Å². The van der Waals surface area contributed by atoms with E-state index in [1.165, 1.54) is 12.1 Å². The van der Waals surface area contributed by atoms with E-state index in [-0.39, 0.29) is 17.6 Å². The highest BCUT2D eigenvalue weighted by Crippen LogP contribution is 2.27. The number of hydrogen-bond donors (Lipinski definition) is 1. The maximum absolute atomic E-state index is 13.7. The highest BCUT2D eigenvalue weighted by molar-refractivity contribution is 8.14. The third-order valence-corrected chi connectivity index (χ3v) is 4.74. The predicted molar refractivity (Wildman–Crippen MR) is 101 cm³/mol. The lowest BCUT2D eigenvalue weighted by Crippen LogP contribution is -2.23. The van der Waals surface area contributed by atoms with Crippen LogP contribution >= 0.6 is 11.8 Å². The van der Waals surface area contributed by atoms with E-state index in [0.29, 0.717) is 21.6 Å². The minimum atomic E-state index is -0.425. The zero-order valence-electron chi connectivity index (χ0n) is 13.8. The van der Waals surface area contributed by atoms with Gasteiger partial charge in [0.2, 0.25) is 5.12 Å². The molecule has 0 unspecified atom stereocenters. The molecule has 0 aliphatic heterocycles. The Morgan fingerprint density at radius 1 is 0.846 bits per heavy atom. The van der Waals surface area contributed by atoms with Gasteiger partial charge in [0.1, 0.15) is 5.82 Å². The molecule has 0 atom stereocenters. The first-order valence-electron chi connectivity index (χ1n) is 8.02. The van der Waals surface area contributed by atoms with Crippen LogP contribution in [0.1, 0.15) is 26.3 Å². The van der Waals surface area contributed by atoms with Crippen molar-refractivity contribution >= 4 is 22.8 Å². The molecule has 130 valence electrons. The average Bonchev–Trinajstić information content (AvgIpc) is 2.68. The number of carbonyl (C=O) groups excluding carboxylic acids is 2. The van der Waals surface area contributed by atoms with Gasteiger partial charge in [0.15, 0.2) is 0 Å². The SMILES string of the molecule is O=C(NCc1ccc(F)cc1SC(=O)c1ccccc1)c1ccccc1. The third-order valence-electron chi connectivity index (χ3n) is 3.72. The van der Waals surface area contributed by atoms with E-state index in [0.717, 1.165) is 11.8 Å². The van der Waals surface area contributed by atoms with E-state index in [1.807, 2.05) is 12.1 Å². The summed E-state index contributed by atoms with van der Waals surface area (Å²) in [4.78, 5) is 25.1. The number of rotatable bonds is 5. The normalized spacial score (nSPS) is 10.3. The summed E-state index contributed by atoms with van der Waals surface area (Å²) < 4.78 is 13.7. The Bertz CT molecular complexity index is 914.